The topological polar surface area (TPSA) is 50.3 Å². The molecule has 1 aliphatic rings. The number of hydrogen-bond donors (Lipinski definition) is 1. The van der Waals surface area contributed by atoms with Gasteiger partial charge in [-0.2, -0.15) is 4.98 Å². The number of anilines is 1. The highest BCUT2D eigenvalue weighted by Crippen LogP contribution is 2.17. The van der Waals surface area contributed by atoms with Gasteiger partial charge < -0.3 is 15.0 Å². The Morgan fingerprint density at radius 3 is 3.05 bits per heavy atom. The van der Waals surface area contributed by atoms with Gasteiger partial charge in [0.2, 0.25) is 11.8 Å². The first-order chi connectivity index (χ1) is 9.67. The molecule has 2 rings (SSSR count). The molecule has 0 radical (unpaired) electrons. The van der Waals surface area contributed by atoms with Crippen LogP contribution in [0.25, 0.3) is 0 Å². The molecule has 5 nitrogen and oxygen atoms in total. The van der Waals surface area contributed by atoms with Crippen LogP contribution < -0.4 is 10.1 Å². The molecule has 0 aromatic carbocycles. The van der Waals surface area contributed by atoms with Crippen LogP contribution in [0.1, 0.15) is 31.9 Å². The summed E-state index contributed by atoms with van der Waals surface area (Å²) in [4.78, 5) is 11.2. The minimum absolute atomic E-state index is 0.669. The maximum absolute atomic E-state index is 5.59. The van der Waals surface area contributed by atoms with Crippen molar-refractivity contribution in [3.63, 3.8) is 0 Å². The fourth-order valence-electron chi connectivity index (χ4n) is 2.57. The molecule has 0 saturated carbocycles. The van der Waals surface area contributed by atoms with Crippen LogP contribution in [-0.2, 0) is 0 Å². The lowest BCUT2D eigenvalue weighted by Gasteiger charge is -2.29. The number of nitrogens with zero attached hydrogens (tertiary/aromatic N) is 3. The Kier molecular flexibility index (Phi) is 5.59. The van der Waals surface area contributed by atoms with Gasteiger partial charge in [-0.3, -0.25) is 0 Å². The Balaban J connectivity index is 1.89. The molecule has 0 bridgehead atoms. The molecule has 1 aromatic heterocycles. The van der Waals surface area contributed by atoms with Gasteiger partial charge in [-0.05, 0) is 45.7 Å². The molecule has 112 valence electrons. The third-order valence-electron chi connectivity index (χ3n) is 3.56. The van der Waals surface area contributed by atoms with E-state index in [0.29, 0.717) is 24.4 Å². The summed E-state index contributed by atoms with van der Waals surface area (Å²) in [5.74, 6) is 2.03. The second kappa shape index (κ2) is 7.43. The number of likely N-dealkylation sites (tertiary alicyclic amines) is 1. The van der Waals surface area contributed by atoms with Crippen molar-refractivity contribution in [2.45, 2.75) is 33.1 Å². The fraction of sp³-hybridized carbons (Fsp3) is 0.733. The SMILES string of the molecule is CCCOc1cc(C)nc(NCC2CCCN(C)C2)n1. The summed E-state index contributed by atoms with van der Waals surface area (Å²) in [7, 11) is 2.19. The predicted molar refractivity (Wildman–Crippen MR) is 81.3 cm³/mol. The Hall–Kier alpha value is -1.36. The van der Waals surface area contributed by atoms with Gasteiger partial charge in [0.15, 0.2) is 0 Å². The predicted octanol–water partition coefficient (Wildman–Crippen LogP) is 2.33. The lowest BCUT2D eigenvalue weighted by molar-refractivity contribution is 0.217. The maximum atomic E-state index is 5.59. The van der Waals surface area contributed by atoms with Crippen LogP contribution >= 0.6 is 0 Å². The quantitative estimate of drug-likeness (QED) is 0.865. The second-order valence-electron chi connectivity index (χ2n) is 5.67. The minimum atomic E-state index is 0.669. The highest BCUT2D eigenvalue weighted by atomic mass is 16.5. The van der Waals surface area contributed by atoms with Gasteiger partial charge in [-0.25, -0.2) is 4.98 Å². The molecule has 1 aromatic rings. The van der Waals surface area contributed by atoms with Crippen LogP contribution in [0, 0.1) is 12.8 Å². The summed E-state index contributed by atoms with van der Waals surface area (Å²) in [6, 6.07) is 1.88. The first-order valence-electron chi connectivity index (χ1n) is 7.58. The molecule has 20 heavy (non-hydrogen) atoms. The number of piperidine rings is 1. The van der Waals surface area contributed by atoms with E-state index in [1.807, 2.05) is 13.0 Å². The van der Waals surface area contributed by atoms with Crippen molar-refractivity contribution >= 4 is 5.95 Å². The van der Waals surface area contributed by atoms with Gasteiger partial charge in [0, 0.05) is 24.8 Å². The van der Waals surface area contributed by atoms with E-state index in [1.54, 1.807) is 0 Å². The third kappa shape index (κ3) is 4.63. The van der Waals surface area contributed by atoms with E-state index in [2.05, 4.69) is 34.2 Å². The zero-order valence-electron chi connectivity index (χ0n) is 12.9. The normalized spacial score (nSPS) is 19.9. The van der Waals surface area contributed by atoms with Gasteiger partial charge >= 0.3 is 0 Å². The van der Waals surface area contributed by atoms with Crippen LogP contribution in [0.2, 0.25) is 0 Å². The molecule has 1 N–H and O–H groups in total. The van der Waals surface area contributed by atoms with E-state index in [-0.39, 0.29) is 0 Å². The van der Waals surface area contributed by atoms with Crippen molar-refractivity contribution in [2.24, 2.45) is 5.92 Å². The summed E-state index contributed by atoms with van der Waals surface area (Å²) < 4.78 is 5.59. The van der Waals surface area contributed by atoms with Gasteiger partial charge in [-0.1, -0.05) is 6.92 Å². The molecule has 1 saturated heterocycles. The van der Waals surface area contributed by atoms with Crippen molar-refractivity contribution in [3.05, 3.63) is 11.8 Å². The molecule has 2 heterocycles. The van der Waals surface area contributed by atoms with E-state index in [4.69, 9.17) is 4.74 Å². The first-order valence-corrected chi connectivity index (χ1v) is 7.58. The van der Waals surface area contributed by atoms with E-state index < -0.39 is 0 Å². The maximum Gasteiger partial charge on any atom is 0.226 e. The number of rotatable bonds is 6. The molecule has 0 aliphatic carbocycles. The summed E-state index contributed by atoms with van der Waals surface area (Å²) in [6.07, 6.45) is 3.55. The van der Waals surface area contributed by atoms with Crippen LogP contribution in [-0.4, -0.2) is 48.2 Å². The Morgan fingerprint density at radius 1 is 1.45 bits per heavy atom. The van der Waals surface area contributed by atoms with Crippen molar-refractivity contribution in [2.75, 3.05) is 38.6 Å². The molecule has 1 aliphatic heterocycles. The number of hydrogen-bond acceptors (Lipinski definition) is 5. The zero-order valence-corrected chi connectivity index (χ0v) is 12.9. The molecular formula is C15H26N4O. The van der Waals surface area contributed by atoms with E-state index in [1.165, 1.54) is 19.4 Å². The van der Waals surface area contributed by atoms with Crippen LogP contribution in [0.4, 0.5) is 5.95 Å². The van der Waals surface area contributed by atoms with Gasteiger partial charge in [0.1, 0.15) is 0 Å². The minimum Gasteiger partial charge on any atom is -0.478 e. The summed E-state index contributed by atoms with van der Waals surface area (Å²) in [6.45, 7) is 8.06. The summed E-state index contributed by atoms with van der Waals surface area (Å²) in [5.41, 5.74) is 0.939. The average molecular weight is 278 g/mol. The molecule has 0 spiro atoms. The number of aryl methyl sites for hydroxylation is 1. The molecule has 1 atom stereocenters. The largest absolute Gasteiger partial charge is 0.478 e. The lowest BCUT2D eigenvalue weighted by Crippen LogP contribution is -2.35. The second-order valence-corrected chi connectivity index (χ2v) is 5.67. The van der Waals surface area contributed by atoms with Crippen molar-refractivity contribution in [1.29, 1.82) is 0 Å². The van der Waals surface area contributed by atoms with Crippen LogP contribution in [0.3, 0.4) is 0 Å². The van der Waals surface area contributed by atoms with Gasteiger partial charge in [0.05, 0.1) is 6.61 Å². The summed E-state index contributed by atoms with van der Waals surface area (Å²) in [5, 5.41) is 3.36. The lowest BCUT2D eigenvalue weighted by atomic mass is 9.99. The third-order valence-corrected chi connectivity index (χ3v) is 3.56. The molecule has 0 amide bonds. The van der Waals surface area contributed by atoms with Gasteiger partial charge in [-0.15, -0.1) is 0 Å². The Labute approximate surface area is 121 Å². The number of ether oxygens (including phenoxy) is 1. The highest BCUT2D eigenvalue weighted by Gasteiger charge is 2.17. The van der Waals surface area contributed by atoms with Crippen LogP contribution in [0.5, 0.6) is 5.88 Å². The fourth-order valence-corrected chi connectivity index (χ4v) is 2.57. The Bertz CT molecular complexity index is 424. The monoisotopic (exact) mass is 278 g/mol. The van der Waals surface area contributed by atoms with E-state index in [0.717, 1.165) is 25.2 Å². The standard InChI is InChI=1S/C15H26N4O/c1-4-8-20-14-9-12(2)17-15(18-14)16-10-13-6-5-7-19(3)11-13/h9,13H,4-8,10-11H2,1-3H3,(H,16,17,18). The number of aromatic nitrogens is 2. The van der Waals surface area contributed by atoms with Gasteiger partial charge in [0.25, 0.3) is 0 Å². The number of nitrogens with one attached hydrogen (secondary N) is 1. The smallest absolute Gasteiger partial charge is 0.226 e. The average Bonchev–Trinajstić information content (AvgIpc) is 2.42. The summed E-state index contributed by atoms with van der Waals surface area (Å²) >= 11 is 0. The van der Waals surface area contributed by atoms with E-state index >= 15 is 0 Å². The molecule has 5 heteroatoms. The zero-order chi connectivity index (χ0) is 14.4. The van der Waals surface area contributed by atoms with Crippen molar-refractivity contribution in [1.82, 2.24) is 14.9 Å². The molecule has 1 fully saturated rings. The van der Waals surface area contributed by atoms with Crippen molar-refractivity contribution < 1.29 is 4.74 Å². The van der Waals surface area contributed by atoms with Crippen molar-refractivity contribution in [3.8, 4) is 5.88 Å². The first kappa shape index (κ1) is 15.0. The Morgan fingerprint density at radius 2 is 2.30 bits per heavy atom. The van der Waals surface area contributed by atoms with E-state index in [9.17, 15) is 0 Å². The molecule has 1 unspecified atom stereocenters. The molecular weight excluding hydrogens is 252 g/mol. The highest BCUT2D eigenvalue weighted by molar-refractivity contribution is 5.30. The van der Waals surface area contributed by atoms with Crippen LogP contribution in [0.15, 0.2) is 6.07 Å².